The molecule has 5 nitrogen and oxygen atoms in total. The fraction of sp³-hybridized carbons (Fsp3) is 0.0667. The Morgan fingerprint density at radius 2 is 1.65 bits per heavy atom. The van der Waals surface area contributed by atoms with Crippen LogP contribution < -0.4 is 5.73 Å². The molecule has 0 amide bonds. The first-order chi connectivity index (χ1) is 9.52. The predicted octanol–water partition coefficient (Wildman–Crippen LogP) is 2.42. The van der Waals surface area contributed by atoms with Gasteiger partial charge in [-0.3, -0.25) is 0 Å². The Morgan fingerprint density at radius 3 is 2.15 bits per heavy atom. The lowest BCUT2D eigenvalue weighted by molar-refractivity contribution is 0.0601. The molecule has 0 aliphatic rings. The molecule has 0 atom stereocenters. The molecular formula is C15H13NO4. The van der Waals surface area contributed by atoms with Crippen molar-refractivity contribution in [1.82, 2.24) is 0 Å². The van der Waals surface area contributed by atoms with Gasteiger partial charge in [-0.1, -0.05) is 18.2 Å². The van der Waals surface area contributed by atoms with Gasteiger partial charge in [0.2, 0.25) is 0 Å². The molecule has 0 fully saturated rings. The number of methoxy groups -OCH3 is 1. The molecule has 5 heteroatoms. The van der Waals surface area contributed by atoms with Crippen molar-refractivity contribution >= 4 is 17.6 Å². The zero-order valence-corrected chi connectivity index (χ0v) is 10.8. The quantitative estimate of drug-likeness (QED) is 0.661. The fourth-order valence-corrected chi connectivity index (χ4v) is 1.84. The van der Waals surface area contributed by atoms with E-state index in [2.05, 4.69) is 4.74 Å². The Morgan fingerprint density at radius 1 is 1.05 bits per heavy atom. The van der Waals surface area contributed by atoms with E-state index in [0.29, 0.717) is 11.3 Å². The van der Waals surface area contributed by atoms with Gasteiger partial charge < -0.3 is 15.6 Å². The highest BCUT2D eigenvalue weighted by Gasteiger charge is 2.11. The maximum atomic E-state index is 11.4. The molecule has 0 saturated carbocycles. The van der Waals surface area contributed by atoms with Crippen molar-refractivity contribution < 1.29 is 19.4 Å². The monoisotopic (exact) mass is 271 g/mol. The van der Waals surface area contributed by atoms with Crippen molar-refractivity contribution in [1.29, 1.82) is 0 Å². The van der Waals surface area contributed by atoms with Gasteiger partial charge in [-0.25, -0.2) is 9.59 Å². The van der Waals surface area contributed by atoms with Gasteiger partial charge in [0, 0.05) is 5.69 Å². The normalized spacial score (nSPS) is 10.1. The summed E-state index contributed by atoms with van der Waals surface area (Å²) in [6.45, 7) is 0. The minimum Gasteiger partial charge on any atom is -0.478 e. The van der Waals surface area contributed by atoms with Gasteiger partial charge in [0.15, 0.2) is 0 Å². The molecule has 2 rings (SSSR count). The fourth-order valence-electron chi connectivity index (χ4n) is 1.84. The lowest BCUT2D eigenvalue weighted by Gasteiger charge is -2.07. The summed E-state index contributed by atoms with van der Waals surface area (Å²) in [5.74, 6) is -1.47. The molecule has 102 valence electrons. The second-order valence-electron chi connectivity index (χ2n) is 4.18. The van der Waals surface area contributed by atoms with E-state index in [1.54, 1.807) is 30.3 Å². The molecule has 20 heavy (non-hydrogen) atoms. The average Bonchev–Trinajstić information content (AvgIpc) is 2.46. The second kappa shape index (κ2) is 5.44. The van der Waals surface area contributed by atoms with E-state index in [4.69, 9.17) is 10.8 Å². The van der Waals surface area contributed by atoms with Crippen LogP contribution in [0.15, 0.2) is 42.5 Å². The van der Waals surface area contributed by atoms with E-state index in [-0.39, 0.29) is 5.56 Å². The molecule has 0 aliphatic carbocycles. The maximum absolute atomic E-state index is 11.4. The molecule has 0 aliphatic heterocycles. The summed E-state index contributed by atoms with van der Waals surface area (Å²) in [5.41, 5.74) is 8.27. The Kier molecular flexibility index (Phi) is 3.70. The van der Waals surface area contributed by atoms with Gasteiger partial charge in [0.05, 0.1) is 18.2 Å². The van der Waals surface area contributed by atoms with Crippen LogP contribution in [0.4, 0.5) is 5.69 Å². The molecule has 0 bridgehead atoms. The lowest BCUT2D eigenvalue weighted by atomic mass is 10.0. The summed E-state index contributed by atoms with van der Waals surface area (Å²) in [7, 11) is 1.29. The van der Waals surface area contributed by atoms with Crippen molar-refractivity contribution in [3.8, 4) is 11.1 Å². The number of carboxylic acid groups (broad SMARTS) is 1. The van der Waals surface area contributed by atoms with Gasteiger partial charge in [-0.2, -0.15) is 0 Å². The predicted molar refractivity (Wildman–Crippen MR) is 74.6 cm³/mol. The zero-order chi connectivity index (χ0) is 14.7. The smallest absolute Gasteiger partial charge is 0.339 e. The van der Waals surface area contributed by atoms with E-state index < -0.39 is 11.9 Å². The lowest BCUT2D eigenvalue weighted by Crippen LogP contribution is -2.05. The van der Waals surface area contributed by atoms with E-state index in [0.717, 1.165) is 11.1 Å². The van der Waals surface area contributed by atoms with Crippen LogP contribution in [-0.2, 0) is 4.74 Å². The number of ether oxygens (including phenoxy) is 1. The summed E-state index contributed by atoms with van der Waals surface area (Å²) in [5, 5.41) is 8.84. The number of rotatable bonds is 3. The first-order valence-electron chi connectivity index (χ1n) is 5.84. The number of nitrogens with two attached hydrogens (primary N) is 1. The summed E-state index contributed by atoms with van der Waals surface area (Å²) in [4.78, 5) is 22.2. The molecule has 0 unspecified atom stereocenters. The summed E-state index contributed by atoms with van der Waals surface area (Å²) >= 11 is 0. The Hall–Kier alpha value is -2.82. The number of carbonyl (C=O) groups is 2. The Bertz CT molecular complexity index is 662. The number of benzene rings is 2. The largest absolute Gasteiger partial charge is 0.478 e. The summed E-state index contributed by atoms with van der Waals surface area (Å²) < 4.78 is 4.62. The number of nitrogen functional groups attached to an aromatic ring is 1. The molecule has 0 spiro atoms. The SMILES string of the molecule is COC(=O)c1ccc(-c2ccc(C(=O)O)cc2)cc1N. The van der Waals surface area contributed by atoms with Gasteiger partial charge in [0.1, 0.15) is 0 Å². The number of esters is 1. The number of carbonyl (C=O) groups excluding carboxylic acids is 1. The Balaban J connectivity index is 2.36. The van der Waals surface area contributed by atoms with Crippen molar-refractivity contribution in [3.05, 3.63) is 53.6 Å². The van der Waals surface area contributed by atoms with Crippen LogP contribution in [0.2, 0.25) is 0 Å². The molecule has 2 aromatic carbocycles. The summed E-state index contributed by atoms with van der Waals surface area (Å²) in [6, 6.07) is 11.4. The van der Waals surface area contributed by atoms with Crippen LogP contribution in [0.3, 0.4) is 0 Å². The highest BCUT2D eigenvalue weighted by atomic mass is 16.5. The third-order valence-corrected chi connectivity index (χ3v) is 2.92. The van der Waals surface area contributed by atoms with E-state index in [9.17, 15) is 9.59 Å². The first-order valence-corrected chi connectivity index (χ1v) is 5.84. The molecule has 0 aromatic heterocycles. The molecule has 0 radical (unpaired) electrons. The highest BCUT2D eigenvalue weighted by molar-refractivity contribution is 5.96. The number of anilines is 1. The molecule has 2 aromatic rings. The minimum absolute atomic E-state index is 0.216. The number of hydrogen-bond acceptors (Lipinski definition) is 4. The summed E-state index contributed by atoms with van der Waals surface area (Å²) in [6.07, 6.45) is 0. The van der Waals surface area contributed by atoms with E-state index >= 15 is 0 Å². The number of carboxylic acids is 1. The zero-order valence-electron chi connectivity index (χ0n) is 10.8. The Labute approximate surface area is 115 Å². The van der Waals surface area contributed by atoms with Crippen LogP contribution in [-0.4, -0.2) is 24.2 Å². The van der Waals surface area contributed by atoms with Gasteiger partial charge in [-0.05, 0) is 35.4 Å². The van der Waals surface area contributed by atoms with Gasteiger partial charge in [-0.15, -0.1) is 0 Å². The van der Waals surface area contributed by atoms with Crippen molar-refractivity contribution in [2.45, 2.75) is 0 Å². The van der Waals surface area contributed by atoms with Crippen LogP contribution in [0, 0.1) is 0 Å². The maximum Gasteiger partial charge on any atom is 0.339 e. The molecule has 0 saturated heterocycles. The minimum atomic E-state index is -0.975. The highest BCUT2D eigenvalue weighted by Crippen LogP contribution is 2.24. The topological polar surface area (TPSA) is 89.6 Å². The van der Waals surface area contributed by atoms with Gasteiger partial charge >= 0.3 is 11.9 Å². The molecular weight excluding hydrogens is 258 g/mol. The standard InChI is InChI=1S/C15H13NO4/c1-20-15(19)12-7-6-11(8-13(12)16)9-2-4-10(5-3-9)14(17)18/h2-8H,16H2,1H3,(H,17,18). The molecule has 0 heterocycles. The van der Waals surface area contributed by atoms with Crippen molar-refractivity contribution in [3.63, 3.8) is 0 Å². The van der Waals surface area contributed by atoms with Gasteiger partial charge in [0.25, 0.3) is 0 Å². The second-order valence-corrected chi connectivity index (χ2v) is 4.18. The van der Waals surface area contributed by atoms with E-state index in [1.807, 2.05) is 0 Å². The van der Waals surface area contributed by atoms with Crippen molar-refractivity contribution in [2.75, 3.05) is 12.8 Å². The van der Waals surface area contributed by atoms with Crippen LogP contribution >= 0.6 is 0 Å². The first kappa shape index (κ1) is 13.6. The number of hydrogen-bond donors (Lipinski definition) is 2. The van der Waals surface area contributed by atoms with Crippen LogP contribution in [0.25, 0.3) is 11.1 Å². The third-order valence-electron chi connectivity index (χ3n) is 2.92. The molecule has 3 N–H and O–H groups in total. The van der Waals surface area contributed by atoms with Crippen molar-refractivity contribution in [2.24, 2.45) is 0 Å². The number of aromatic carboxylic acids is 1. The van der Waals surface area contributed by atoms with Crippen LogP contribution in [0.1, 0.15) is 20.7 Å². The van der Waals surface area contributed by atoms with E-state index in [1.165, 1.54) is 19.2 Å². The van der Waals surface area contributed by atoms with Crippen LogP contribution in [0.5, 0.6) is 0 Å². The third kappa shape index (κ3) is 2.61. The average molecular weight is 271 g/mol.